The summed E-state index contributed by atoms with van der Waals surface area (Å²) < 4.78 is 6.72. The minimum atomic E-state index is -2.00. The zero-order valence-electron chi connectivity index (χ0n) is 32.2. The minimum Gasteiger partial charge on any atom is -0.445 e. The number of carbonyl (C=O) groups excluding carboxylic acids is 4. The highest BCUT2D eigenvalue weighted by Crippen LogP contribution is 2.53. The molecule has 0 bridgehead atoms. The van der Waals surface area contributed by atoms with Crippen LogP contribution in [0.2, 0.25) is 0 Å². The van der Waals surface area contributed by atoms with Gasteiger partial charge < -0.3 is 26.2 Å². The van der Waals surface area contributed by atoms with Gasteiger partial charge in [-0.2, -0.15) is 0 Å². The zero-order chi connectivity index (χ0) is 40.7. The third kappa shape index (κ3) is 6.93. The number of para-hydroxylation sites is 2. The molecule has 0 radical (unpaired) electrons. The van der Waals surface area contributed by atoms with Gasteiger partial charge in [0.25, 0.3) is 11.5 Å². The molecule has 298 valence electrons. The van der Waals surface area contributed by atoms with Crippen molar-refractivity contribution in [1.82, 2.24) is 25.5 Å². The predicted molar refractivity (Wildman–Crippen MR) is 216 cm³/mol. The fourth-order valence-electron chi connectivity index (χ4n) is 8.50. The second kappa shape index (κ2) is 15.6. The molecule has 1 aromatic heterocycles. The summed E-state index contributed by atoms with van der Waals surface area (Å²) in [7, 11) is 0. The van der Waals surface area contributed by atoms with Gasteiger partial charge >= 0.3 is 6.09 Å². The number of rotatable bonds is 12. The van der Waals surface area contributed by atoms with E-state index in [0.717, 1.165) is 5.56 Å². The van der Waals surface area contributed by atoms with Crippen molar-refractivity contribution < 1.29 is 29.0 Å². The number of aromatic nitrogens is 2. The molecule has 0 aliphatic carbocycles. The molecule has 5 unspecified atom stereocenters. The summed E-state index contributed by atoms with van der Waals surface area (Å²) in [5.74, 6) is -3.86. The van der Waals surface area contributed by atoms with Crippen molar-refractivity contribution in [1.29, 1.82) is 0 Å². The maximum absolute atomic E-state index is 14.3. The Labute approximate surface area is 334 Å². The number of anilines is 1. The lowest BCUT2D eigenvalue weighted by Gasteiger charge is -2.34. The Morgan fingerprint density at radius 3 is 2.45 bits per heavy atom. The minimum absolute atomic E-state index is 0.0618. The highest BCUT2D eigenvalue weighted by atomic mass is 16.5. The van der Waals surface area contributed by atoms with E-state index in [0.29, 0.717) is 40.7 Å². The monoisotopic (exact) mass is 783 g/mol. The van der Waals surface area contributed by atoms with E-state index in [2.05, 4.69) is 16.0 Å². The van der Waals surface area contributed by atoms with Crippen LogP contribution in [-0.4, -0.2) is 62.8 Å². The number of Topliss-reactive ketones (excluding diaryl/α,β-unsaturated/α-hetero) is 1. The zero-order valence-corrected chi connectivity index (χ0v) is 32.2. The van der Waals surface area contributed by atoms with Crippen molar-refractivity contribution in [2.45, 2.75) is 76.0 Å². The summed E-state index contributed by atoms with van der Waals surface area (Å²) in [5.41, 5.74) is 9.04. The Bertz CT molecular complexity index is 2490. The first-order valence-corrected chi connectivity index (χ1v) is 19.6. The molecular formula is C44H45N7O7. The summed E-state index contributed by atoms with van der Waals surface area (Å²) in [5, 5.41) is 22.1. The number of hydrogen-bond donors (Lipinski definition) is 5. The smallest absolute Gasteiger partial charge is 0.407 e. The van der Waals surface area contributed by atoms with E-state index in [1.807, 2.05) is 44.2 Å². The van der Waals surface area contributed by atoms with Crippen molar-refractivity contribution in [3.63, 3.8) is 0 Å². The van der Waals surface area contributed by atoms with Crippen molar-refractivity contribution >= 4 is 40.3 Å². The molecule has 5 atom stereocenters. The number of nitrogens with one attached hydrogen (secondary N) is 3. The maximum Gasteiger partial charge on any atom is 0.407 e. The molecule has 4 heterocycles. The van der Waals surface area contributed by atoms with Crippen molar-refractivity contribution in [2.24, 2.45) is 11.7 Å². The van der Waals surface area contributed by atoms with Crippen LogP contribution in [0.5, 0.6) is 0 Å². The number of hydrogen-bond acceptors (Lipinski definition) is 10. The molecule has 1 saturated heterocycles. The molecule has 0 spiro atoms. The second-order valence-corrected chi connectivity index (χ2v) is 15.5. The molecule has 8 rings (SSSR count). The number of amides is 3. The van der Waals surface area contributed by atoms with E-state index in [1.165, 1.54) is 9.47 Å². The van der Waals surface area contributed by atoms with Crippen LogP contribution in [0, 0.1) is 5.92 Å². The molecule has 3 aliphatic heterocycles. The summed E-state index contributed by atoms with van der Waals surface area (Å²) >= 11 is 0. The Hall–Kier alpha value is -6.22. The second-order valence-electron chi connectivity index (χ2n) is 15.5. The first-order chi connectivity index (χ1) is 28.0. The molecule has 4 aromatic carbocycles. The van der Waals surface area contributed by atoms with E-state index < -0.39 is 47.7 Å². The van der Waals surface area contributed by atoms with Crippen LogP contribution in [0.4, 0.5) is 10.5 Å². The SMILES string of the molecule is CC(C)CC1NC2(O)C(CC3NC(=O)c4ccccc4-n4c3nc3ccccc3c4=O)c3c(C(=O)C(N)CCCNC(=O)OCc4ccccc4)cccc3N2C1=O. The number of benzene rings is 4. The largest absolute Gasteiger partial charge is 0.445 e. The van der Waals surface area contributed by atoms with Gasteiger partial charge in [-0.3, -0.25) is 34.0 Å². The lowest BCUT2D eigenvalue weighted by atomic mass is 9.84. The molecule has 5 aromatic rings. The number of carbonyl (C=O) groups is 4. The topological polar surface area (TPSA) is 198 Å². The van der Waals surface area contributed by atoms with E-state index in [9.17, 15) is 29.1 Å². The number of ketones is 1. The summed E-state index contributed by atoms with van der Waals surface area (Å²) in [6, 6.07) is 25.3. The lowest BCUT2D eigenvalue weighted by Crippen LogP contribution is -2.54. The first-order valence-electron chi connectivity index (χ1n) is 19.6. The number of fused-ring (bicyclic) bond motifs is 7. The number of ether oxygens (including phenoxy) is 1. The Morgan fingerprint density at radius 2 is 1.66 bits per heavy atom. The van der Waals surface area contributed by atoms with Crippen LogP contribution in [0.15, 0.2) is 102 Å². The first kappa shape index (κ1) is 38.6. The average Bonchev–Trinajstić information content (AvgIpc) is 3.57. The fraction of sp³-hybridized carbons (Fsp3) is 0.318. The molecule has 6 N–H and O–H groups in total. The van der Waals surface area contributed by atoms with Gasteiger partial charge in [-0.25, -0.2) is 9.78 Å². The average molecular weight is 784 g/mol. The Balaban J connectivity index is 1.12. The third-order valence-corrected chi connectivity index (χ3v) is 11.2. The summed E-state index contributed by atoms with van der Waals surface area (Å²) in [6.07, 6.45) is 0.386. The molecule has 0 saturated carbocycles. The van der Waals surface area contributed by atoms with Gasteiger partial charge in [0.15, 0.2) is 5.78 Å². The van der Waals surface area contributed by atoms with Crippen molar-refractivity contribution in [2.75, 3.05) is 11.4 Å². The number of aliphatic hydroxyl groups is 1. The molecule has 1 fully saturated rings. The van der Waals surface area contributed by atoms with Gasteiger partial charge in [-0.1, -0.05) is 80.6 Å². The molecule has 58 heavy (non-hydrogen) atoms. The number of alkyl carbamates (subject to hydrolysis) is 1. The van der Waals surface area contributed by atoms with Crippen molar-refractivity contribution in [3.05, 3.63) is 135 Å². The van der Waals surface area contributed by atoms with E-state index in [4.69, 9.17) is 15.5 Å². The van der Waals surface area contributed by atoms with Gasteiger partial charge in [0.05, 0.1) is 51.9 Å². The highest BCUT2D eigenvalue weighted by molar-refractivity contribution is 6.08. The van der Waals surface area contributed by atoms with Crippen LogP contribution in [0.3, 0.4) is 0 Å². The van der Waals surface area contributed by atoms with Gasteiger partial charge in [0.2, 0.25) is 11.8 Å². The normalized spacial score (nSPS) is 21.1. The number of nitrogens with zero attached hydrogens (tertiary/aromatic N) is 3. The highest BCUT2D eigenvalue weighted by Gasteiger charge is 2.61. The van der Waals surface area contributed by atoms with E-state index in [-0.39, 0.29) is 60.3 Å². The quantitative estimate of drug-likeness (QED) is 0.0883. The Kier molecular flexibility index (Phi) is 10.4. The molecular weight excluding hydrogens is 739 g/mol. The van der Waals surface area contributed by atoms with Crippen LogP contribution < -0.4 is 32.1 Å². The Morgan fingerprint density at radius 1 is 0.931 bits per heavy atom. The standard InChI is InChI=1S/C44H45N7O7/c1-25(2)22-34-42(55)51-36-20-10-16-29(38(52)31(45)17-11-21-46-43(56)58-24-26-12-4-3-5-13-26)37(36)30(44(51,57)49-34)23-33-39-47-32-18-8-6-14-27(32)41(54)50(39)35-19-9-7-15-28(35)40(53)48-33/h3-10,12-16,18-20,25,30-31,33-34,49,57H,11,17,21-24,45H2,1-2H3,(H,46,56)(H,48,53). The molecule has 14 nitrogen and oxygen atoms in total. The van der Waals surface area contributed by atoms with Gasteiger partial charge in [-0.05, 0) is 73.1 Å². The van der Waals surface area contributed by atoms with Gasteiger partial charge in [0, 0.05) is 12.1 Å². The van der Waals surface area contributed by atoms with Crippen LogP contribution >= 0.6 is 0 Å². The third-order valence-electron chi connectivity index (χ3n) is 11.2. The van der Waals surface area contributed by atoms with E-state index in [1.54, 1.807) is 66.7 Å². The van der Waals surface area contributed by atoms with Crippen LogP contribution in [0.25, 0.3) is 16.6 Å². The predicted octanol–water partition coefficient (Wildman–Crippen LogP) is 4.57. The van der Waals surface area contributed by atoms with Crippen LogP contribution in [-0.2, 0) is 16.1 Å². The molecule has 14 heteroatoms. The van der Waals surface area contributed by atoms with Crippen molar-refractivity contribution in [3.8, 4) is 5.69 Å². The summed E-state index contributed by atoms with van der Waals surface area (Å²) in [6.45, 7) is 4.31. The van der Waals surface area contributed by atoms with E-state index >= 15 is 0 Å². The summed E-state index contributed by atoms with van der Waals surface area (Å²) in [4.78, 5) is 75.3. The lowest BCUT2D eigenvalue weighted by molar-refractivity contribution is -0.119. The fourth-order valence-corrected chi connectivity index (χ4v) is 8.50. The van der Waals surface area contributed by atoms with Gasteiger partial charge in [-0.15, -0.1) is 0 Å². The van der Waals surface area contributed by atoms with Gasteiger partial charge in [0.1, 0.15) is 12.4 Å². The van der Waals surface area contributed by atoms with Crippen LogP contribution in [0.1, 0.15) is 89.2 Å². The number of nitrogens with two attached hydrogens (primary N) is 1. The molecule has 3 aliphatic rings. The maximum atomic E-state index is 14.3. The molecule has 3 amide bonds.